The highest BCUT2D eigenvalue weighted by molar-refractivity contribution is 8.14. The van der Waals surface area contributed by atoms with Crippen molar-refractivity contribution in [3.05, 3.63) is 58.7 Å². The minimum Gasteiger partial charge on any atom is -0.489 e. The number of nitrogens with zero attached hydrogens (tertiary/aromatic N) is 5. The quantitative estimate of drug-likeness (QED) is 0.188. The fourth-order valence-corrected chi connectivity index (χ4v) is 8.66. The molecule has 2 aliphatic rings. The van der Waals surface area contributed by atoms with E-state index in [1.54, 1.807) is 38.1 Å². The van der Waals surface area contributed by atoms with Crippen LogP contribution in [0, 0.1) is 6.92 Å². The number of carbonyl (C=O) groups excluding carboxylic acids is 1. The number of amides is 1. The number of piperazine rings is 1. The summed E-state index contributed by atoms with van der Waals surface area (Å²) in [6.45, 7) is 14.5. The monoisotopic (exact) mass is 773 g/mol. The van der Waals surface area contributed by atoms with E-state index in [0.29, 0.717) is 36.0 Å². The Bertz CT molecular complexity index is 1830. The molecule has 1 amide bonds. The molecular weight excluding hydrogens is 726 g/mol. The summed E-state index contributed by atoms with van der Waals surface area (Å²) in [6.07, 6.45) is 3.09. The van der Waals surface area contributed by atoms with Crippen molar-refractivity contribution in [2.75, 3.05) is 62.7 Å². The van der Waals surface area contributed by atoms with Gasteiger partial charge in [0.1, 0.15) is 10.8 Å². The van der Waals surface area contributed by atoms with Crippen LogP contribution in [0.15, 0.2) is 47.5 Å². The number of hydrogen-bond donors (Lipinski definition) is 2. The van der Waals surface area contributed by atoms with Crippen LogP contribution < -0.4 is 15.4 Å². The second-order valence-electron chi connectivity index (χ2n) is 13.6. The van der Waals surface area contributed by atoms with Gasteiger partial charge in [-0.25, -0.2) is 13.4 Å². The van der Waals surface area contributed by atoms with E-state index in [4.69, 9.17) is 28.6 Å². The first-order valence-electron chi connectivity index (χ1n) is 17.3. The van der Waals surface area contributed by atoms with Gasteiger partial charge in [-0.2, -0.15) is 4.98 Å². The topological polar surface area (TPSA) is 120 Å². The first kappa shape index (κ1) is 39.0. The van der Waals surface area contributed by atoms with Gasteiger partial charge in [0.2, 0.25) is 5.95 Å². The molecule has 11 nitrogen and oxygen atoms in total. The van der Waals surface area contributed by atoms with Gasteiger partial charge in [0.05, 0.1) is 44.6 Å². The smallest absolute Gasteiger partial charge is 0.282 e. The zero-order valence-electron chi connectivity index (χ0n) is 30.1. The van der Waals surface area contributed by atoms with Gasteiger partial charge in [0.15, 0.2) is 15.7 Å². The Morgan fingerprint density at radius 3 is 2.37 bits per heavy atom. The number of aryl methyl sites for hydroxylation is 1. The zero-order chi connectivity index (χ0) is 36.9. The van der Waals surface area contributed by atoms with Gasteiger partial charge in [0, 0.05) is 39.3 Å². The molecule has 3 heterocycles. The molecule has 51 heavy (non-hydrogen) atoms. The van der Waals surface area contributed by atoms with Crippen LogP contribution in [0.25, 0.3) is 0 Å². The Hall–Kier alpha value is -3.17. The average molecular weight is 774 g/mol. The molecule has 5 rings (SSSR count). The second-order valence-corrected chi connectivity index (χ2v) is 17.9. The third-order valence-corrected chi connectivity index (χ3v) is 13.2. The molecule has 0 aliphatic carbocycles. The number of sulfone groups is 1. The van der Waals surface area contributed by atoms with Crippen LogP contribution in [-0.4, -0.2) is 107 Å². The number of likely N-dealkylation sites (N-methyl/N-ethyl adjacent to an activating group) is 1. The predicted octanol–water partition coefficient (Wildman–Crippen LogP) is 7.50. The van der Waals surface area contributed by atoms with Crippen LogP contribution in [0.5, 0.6) is 5.75 Å². The Kier molecular flexibility index (Phi) is 13.1. The molecule has 276 valence electrons. The SMILES string of the molecule is Cc1cc(Nc2ncc(Cl)c(Nc3ccccc3S(=O)(=O)C(C)C)n2)c(OC(C)C)cc1C1CCN(C(=O)SCC(=S)N2CCN(C)CC2)CC1. The molecular formula is C36H48ClN7O4S3. The lowest BCUT2D eigenvalue weighted by Gasteiger charge is -2.35. The predicted molar refractivity (Wildman–Crippen MR) is 212 cm³/mol. The highest BCUT2D eigenvalue weighted by atomic mass is 35.5. The van der Waals surface area contributed by atoms with Gasteiger partial charge in [-0.1, -0.05) is 47.7 Å². The van der Waals surface area contributed by atoms with Crippen molar-refractivity contribution in [2.45, 2.75) is 69.6 Å². The van der Waals surface area contributed by atoms with E-state index >= 15 is 0 Å². The number of rotatable bonds is 11. The molecule has 0 bridgehead atoms. The number of thioether (sulfide) groups is 1. The summed E-state index contributed by atoms with van der Waals surface area (Å²) in [6, 6.07) is 10.8. The third kappa shape index (κ3) is 9.83. The maximum absolute atomic E-state index is 13.1. The summed E-state index contributed by atoms with van der Waals surface area (Å²) < 4.78 is 32.3. The van der Waals surface area contributed by atoms with E-state index < -0.39 is 15.1 Å². The number of likely N-dealkylation sites (tertiary alicyclic amines) is 1. The summed E-state index contributed by atoms with van der Waals surface area (Å²) in [5.41, 5.74) is 3.35. The number of anilines is 4. The van der Waals surface area contributed by atoms with E-state index in [9.17, 15) is 13.2 Å². The molecule has 1 aromatic heterocycles. The van der Waals surface area contributed by atoms with E-state index in [-0.39, 0.29) is 38.9 Å². The van der Waals surface area contributed by atoms with Crippen molar-refractivity contribution < 1.29 is 17.9 Å². The lowest BCUT2D eigenvalue weighted by atomic mass is 9.86. The Morgan fingerprint density at radius 1 is 1.02 bits per heavy atom. The van der Waals surface area contributed by atoms with Gasteiger partial charge in [0.25, 0.3) is 5.24 Å². The van der Waals surface area contributed by atoms with E-state index in [1.165, 1.54) is 23.5 Å². The Morgan fingerprint density at radius 2 is 1.71 bits per heavy atom. The van der Waals surface area contributed by atoms with Gasteiger partial charge in [-0.15, -0.1) is 0 Å². The second kappa shape index (κ2) is 17.1. The van der Waals surface area contributed by atoms with Crippen molar-refractivity contribution in [3.8, 4) is 5.75 Å². The number of hydrogen-bond acceptors (Lipinski definition) is 11. The van der Waals surface area contributed by atoms with Gasteiger partial charge in [-0.3, -0.25) is 4.79 Å². The zero-order valence-corrected chi connectivity index (χ0v) is 33.3. The minimum absolute atomic E-state index is 0.0858. The van der Waals surface area contributed by atoms with Crippen LogP contribution in [-0.2, 0) is 9.84 Å². The molecule has 0 spiro atoms. The number of carbonyl (C=O) groups is 1. The number of para-hydroxylation sites is 1. The lowest BCUT2D eigenvalue weighted by molar-refractivity contribution is 0.205. The molecule has 2 saturated heterocycles. The van der Waals surface area contributed by atoms with E-state index in [0.717, 1.165) is 49.6 Å². The Balaban J connectivity index is 1.27. The highest BCUT2D eigenvalue weighted by Crippen LogP contribution is 2.39. The molecule has 0 radical (unpaired) electrons. The van der Waals surface area contributed by atoms with Crippen molar-refractivity contribution >= 4 is 78.8 Å². The number of aromatic nitrogens is 2. The standard InChI is InChI=1S/C36H48ClN7O4S3/c1-23(2)48-31-20-27(26-11-13-44(14-12-26)36(45)50-22-33(49)43-17-15-42(6)16-18-43)25(5)19-30(31)40-35-38-21-28(37)34(41-35)39-29-9-7-8-10-32(29)51(46,47)24(3)4/h7-10,19-21,23-24,26H,11-18,22H2,1-6H3,(H2,38,39,40,41). The molecule has 2 aromatic carbocycles. The van der Waals surface area contributed by atoms with Crippen LogP contribution in [0.3, 0.4) is 0 Å². The van der Waals surface area contributed by atoms with Crippen molar-refractivity contribution in [1.82, 2.24) is 24.7 Å². The van der Waals surface area contributed by atoms with Crippen molar-refractivity contribution in [2.24, 2.45) is 0 Å². The number of halogens is 1. The highest BCUT2D eigenvalue weighted by Gasteiger charge is 2.28. The maximum Gasteiger partial charge on any atom is 0.282 e. The molecule has 0 saturated carbocycles. The minimum atomic E-state index is -3.56. The molecule has 2 N–H and O–H groups in total. The average Bonchev–Trinajstić information content (AvgIpc) is 3.10. The van der Waals surface area contributed by atoms with E-state index in [1.807, 2.05) is 24.8 Å². The number of ether oxygens (including phenoxy) is 1. The number of nitrogens with one attached hydrogen (secondary N) is 2. The Labute approximate surface area is 316 Å². The molecule has 0 unspecified atom stereocenters. The summed E-state index contributed by atoms with van der Waals surface area (Å²) in [5, 5.41) is 6.14. The van der Waals surface area contributed by atoms with Crippen LogP contribution in [0.1, 0.15) is 57.6 Å². The van der Waals surface area contributed by atoms with E-state index in [2.05, 4.69) is 50.4 Å². The molecule has 0 atom stereocenters. The number of thiocarbonyl (C=S) groups is 1. The fraction of sp³-hybridized carbons (Fsp3) is 0.500. The van der Waals surface area contributed by atoms with Crippen LogP contribution in [0.2, 0.25) is 5.02 Å². The first-order chi connectivity index (χ1) is 24.2. The molecule has 2 aliphatic heterocycles. The molecule has 3 aromatic rings. The number of piperidine rings is 1. The maximum atomic E-state index is 13.1. The summed E-state index contributed by atoms with van der Waals surface area (Å²) in [5.74, 6) is 2.02. The van der Waals surface area contributed by atoms with Gasteiger partial charge < -0.3 is 30.1 Å². The largest absolute Gasteiger partial charge is 0.489 e. The normalized spacial score (nSPS) is 16.1. The molecule has 2 fully saturated rings. The first-order valence-corrected chi connectivity index (χ1v) is 20.6. The van der Waals surface area contributed by atoms with Gasteiger partial charge in [-0.05, 0) is 95.8 Å². The summed E-state index contributed by atoms with van der Waals surface area (Å²) in [4.78, 5) is 29.6. The molecule has 15 heteroatoms. The van der Waals surface area contributed by atoms with Crippen molar-refractivity contribution in [1.29, 1.82) is 0 Å². The number of benzene rings is 2. The van der Waals surface area contributed by atoms with Crippen molar-refractivity contribution in [3.63, 3.8) is 0 Å². The third-order valence-electron chi connectivity index (χ3n) is 9.16. The fourth-order valence-electron chi connectivity index (χ4n) is 6.16. The summed E-state index contributed by atoms with van der Waals surface area (Å²) >= 11 is 13.4. The van der Waals surface area contributed by atoms with Crippen LogP contribution in [0.4, 0.5) is 27.9 Å². The van der Waals surface area contributed by atoms with Gasteiger partial charge >= 0.3 is 0 Å². The van der Waals surface area contributed by atoms with Crippen LogP contribution >= 0.6 is 35.6 Å². The lowest BCUT2D eigenvalue weighted by Crippen LogP contribution is -2.47. The summed E-state index contributed by atoms with van der Waals surface area (Å²) in [7, 11) is -1.45.